The standard InChI is InChI=1S/C16H23FN2O3/c1-22-15-10-11(2-7-14(15)17)8-9-18-16(21)19-12-3-5-13(20)6-4-12/h2,7,10,12-13,20H,3-6,8-9H2,1H3,(H2,18,19,21). The van der Waals surface area contributed by atoms with Crippen LogP contribution in [-0.4, -0.2) is 36.9 Å². The van der Waals surface area contributed by atoms with Gasteiger partial charge in [-0.2, -0.15) is 0 Å². The highest BCUT2D eigenvalue weighted by Gasteiger charge is 2.20. The third kappa shape index (κ3) is 4.87. The monoisotopic (exact) mass is 310 g/mol. The average Bonchev–Trinajstić information content (AvgIpc) is 2.51. The van der Waals surface area contributed by atoms with Gasteiger partial charge in [0.25, 0.3) is 0 Å². The number of carbonyl (C=O) groups excluding carboxylic acids is 1. The smallest absolute Gasteiger partial charge is 0.315 e. The summed E-state index contributed by atoms with van der Waals surface area (Å²) in [5, 5.41) is 15.1. The molecule has 22 heavy (non-hydrogen) atoms. The van der Waals surface area contributed by atoms with Crippen LogP contribution in [0.2, 0.25) is 0 Å². The number of benzene rings is 1. The first-order valence-corrected chi connectivity index (χ1v) is 7.63. The second-order valence-corrected chi connectivity index (χ2v) is 5.62. The number of halogens is 1. The van der Waals surface area contributed by atoms with Crippen molar-refractivity contribution in [3.63, 3.8) is 0 Å². The molecular weight excluding hydrogens is 287 g/mol. The van der Waals surface area contributed by atoms with Crippen molar-refractivity contribution in [1.82, 2.24) is 10.6 Å². The summed E-state index contributed by atoms with van der Waals surface area (Å²) in [5.41, 5.74) is 0.902. The van der Waals surface area contributed by atoms with Gasteiger partial charge in [0.15, 0.2) is 11.6 Å². The molecule has 1 aromatic carbocycles. The zero-order chi connectivity index (χ0) is 15.9. The maximum atomic E-state index is 13.3. The first-order valence-electron chi connectivity index (χ1n) is 7.63. The topological polar surface area (TPSA) is 70.6 Å². The van der Waals surface area contributed by atoms with Gasteiger partial charge in [-0.3, -0.25) is 0 Å². The van der Waals surface area contributed by atoms with Crippen LogP contribution in [0.1, 0.15) is 31.2 Å². The molecule has 6 heteroatoms. The first kappa shape index (κ1) is 16.5. The average molecular weight is 310 g/mol. The molecule has 3 N–H and O–H groups in total. The Morgan fingerprint density at radius 2 is 2.09 bits per heavy atom. The quantitative estimate of drug-likeness (QED) is 0.779. The van der Waals surface area contributed by atoms with Gasteiger partial charge in [-0.1, -0.05) is 6.07 Å². The fourth-order valence-electron chi connectivity index (χ4n) is 2.64. The fraction of sp³-hybridized carbons (Fsp3) is 0.562. The summed E-state index contributed by atoms with van der Waals surface area (Å²) in [6.45, 7) is 0.468. The highest BCUT2D eigenvalue weighted by Crippen LogP contribution is 2.19. The number of methoxy groups -OCH3 is 1. The Bertz CT molecular complexity index is 502. The van der Waals surface area contributed by atoms with Gasteiger partial charge in [-0.25, -0.2) is 9.18 Å². The Balaban J connectivity index is 1.70. The van der Waals surface area contributed by atoms with Crippen LogP contribution in [0.15, 0.2) is 18.2 Å². The zero-order valence-corrected chi connectivity index (χ0v) is 12.8. The number of urea groups is 1. The lowest BCUT2D eigenvalue weighted by atomic mass is 9.93. The van der Waals surface area contributed by atoms with Gasteiger partial charge in [0.05, 0.1) is 13.2 Å². The molecule has 0 heterocycles. The minimum atomic E-state index is -0.392. The largest absolute Gasteiger partial charge is 0.494 e. The molecule has 5 nitrogen and oxygen atoms in total. The van der Waals surface area contributed by atoms with Gasteiger partial charge in [-0.15, -0.1) is 0 Å². The minimum absolute atomic E-state index is 0.134. The first-order chi connectivity index (χ1) is 10.6. The van der Waals surface area contributed by atoms with Crippen molar-refractivity contribution in [2.24, 2.45) is 0 Å². The number of amides is 2. The molecule has 0 spiro atoms. The summed E-state index contributed by atoms with van der Waals surface area (Å²) < 4.78 is 18.2. The van der Waals surface area contributed by atoms with E-state index in [1.807, 2.05) is 0 Å². The molecule has 2 amide bonds. The Labute approximate surface area is 129 Å². The van der Waals surface area contributed by atoms with E-state index in [-0.39, 0.29) is 23.9 Å². The molecule has 0 bridgehead atoms. The maximum Gasteiger partial charge on any atom is 0.315 e. The number of aliphatic hydroxyl groups excluding tert-OH is 1. The molecule has 2 rings (SSSR count). The van der Waals surface area contributed by atoms with Crippen molar-refractivity contribution in [3.8, 4) is 5.75 Å². The molecule has 0 atom stereocenters. The molecule has 0 saturated heterocycles. The molecule has 0 unspecified atom stereocenters. The van der Waals surface area contributed by atoms with E-state index in [9.17, 15) is 14.3 Å². The number of nitrogens with one attached hydrogen (secondary N) is 2. The summed E-state index contributed by atoms with van der Waals surface area (Å²) in [6, 6.07) is 4.61. The van der Waals surface area contributed by atoms with E-state index in [1.165, 1.54) is 13.2 Å². The van der Waals surface area contributed by atoms with E-state index < -0.39 is 5.82 Å². The Hall–Kier alpha value is -1.82. The molecular formula is C16H23FN2O3. The van der Waals surface area contributed by atoms with Gasteiger partial charge in [0.1, 0.15) is 0 Å². The summed E-state index contributed by atoms with van der Waals surface area (Å²) in [5.74, 6) is -0.181. The number of hydrogen-bond acceptors (Lipinski definition) is 3. The number of rotatable bonds is 5. The van der Waals surface area contributed by atoms with E-state index in [0.717, 1.165) is 31.2 Å². The van der Waals surface area contributed by atoms with Crippen molar-refractivity contribution >= 4 is 6.03 Å². The van der Waals surface area contributed by atoms with Crippen LogP contribution < -0.4 is 15.4 Å². The molecule has 122 valence electrons. The third-order valence-corrected chi connectivity index (χ3v) is 3.95. The predicted octanol–water partition coefficient (Wildman–Crippen LogP) is 1.98. The molecule has 1 aliphatic carbocycles. The third-order valence-electron chi connectivity index (χ3n) is 3.95. The lowest BCUT2D eigenvalue weighted by Crippen LogP contribution is -2.44. The van der Waals surface area contributed by atoms with Crippen LogP contribution in [0.25, 0.3) is 0 Å². The van der Waals surface area contributed by atoms with Crippen molar-refractivity contribution in [2.45, 2.75) is 44.2 Å². The van der Waals surface area contributed by atoms with Gasteiger partial charge in [0.2, 0.25) is 0 Å². The summed E-state index contributed by atoms with van der Waals surface area (Å²) in [4.78, 5) is 11.8. The van der Waals surface area contributed by atoms with E-state index >= 15 is 0 Å². The molecule has 0 aromatic heterocycles. The molecule has 0 radical (unpaired) electrons. The van der Waals surface area contributed by atoms with E-state index in [4.69, 9.17) is 4.74 Å². The van der Waals surface area contributed by atoms with Crippen molar-refractivity contribution in [2.75, 3.05) is 13.7 Å². The van der Waals surface area contributed by atoms with E-state index in [0.29, 0.717) is 13.0 Å². The maximum absolute atomic E-state index is 13.3. The molecule has 1 aromatic rings. The van der Waals surface area contributed by atoms with Crippen molar-refractivity contribution in [1.29, 1.82) is 0 Å². The Morgan fingerprint density at radius 3 is 2.77 bits per heavy atom. The highest BCUT2D eigenvalue weighted by atomic mass is 19.1. The molecule has 0 aliphatic heterocycles. The van der Waals surface area contributed by atoms with Crippen LogP contribution in [-0.2, 0) is 6.42 Å². The molecule has 1 fully saturated rings. The summed E-state index contributed by atoms with van der Waals surface area (Å²) >= 11 is 0. The van der Waals surface area contributed by atoms with Crippen LogP contribution in [0.3, 0.4) is 0 Å². The fourth-order valence-corrected chi connectivity index (χ4v) is 2.64. The second-order valence-electron chi connectivity index (χ2n) is 5.62. The minimum Gasteiger partial charge on any atom is -0.494 e. The van der Waals surface area contributed by atoms with Crippen molar-refractivity contribution in [3.05, 3.63) is 29.6 Å². The predicted molar refractivity (Wildman–Crippen MR) is 81.5 cm³/mol. The normalized spacial score (nSPS) is 21.2. The van der Waals surface area contributed by atoms with Crippen LogP contribution in [0.4, 0.5) is 9.18 Å². The Morgan fingerprint density at radius 1 is 1.36 bits per heavy atom. The lowest BCUT2D eigenvalue weighted by molar-refractivity contribution is 0.117. The van der Waals surface area contributed by atoms with Gasteiger partial charge in [0, 0.05) is 12.6 Å². The van der Waals surface area contributed by atoms with E-state index in [1.54, 1.807) is 12.1 Å². The Kier molecular flexibility index (Phi) is 6.00. The highest BCUT2D eigenvalue weighted by molar-refractivity contribution is 5.74. The van der Waals surface area contributed by atoms with Crippen LogP contribution >= 0.6 is 0 Å². The van der Waals surface area contributed by atoms with Gasteiger partial charge in [-0.05, 0) is 49.8 Å². The lowest BCUT2D eigenvalue weighted by Gasteiger charge is -2.26. The SMILES string of the molecule is COc1cc(CCNC(=O)NC2CCC(O)CC2)ccc1F. The van der Waals surface area contributed by atoms with Crippen LogP contribution in [0.5, 0.6) is 5.75 Å². The number of carbonyl (C=O) groups is 1. The van der Waals surface area contributed by atoms with Gasteiger partial charge >= 0.3 is 6.03 Å². The van der Waals surface area contributed by atoms with Crippen molar-refractivity contribution < 1.29 is 19.0 Å². The number of hydrogen-bond donors (Lipinski definition) is 3. The van der Waals surface area contributed by atoms with E-state index in [2.05, 4.69) is 10.6 Å². The van der Waals surface area contributed by atoms with Crippen LogP contribution in [0, 0.1) is 5.82 Å². The zero-order valence-electron chi connectivity index (χ0n) is 12.8. The van der Waals surface area contributed by atoms with Gasteiger partial charge < -0.3 is 20.5 Å². The molecule has 1 saturated carbocycles. The summed E-state index contributed by atoms with van der Waals surface area (Å²) in [7, 11) is 1.43. The second kappa shape index (κ2) is 7.98. The number of aliphatic hydroxyl groups is 1. The molecule has 1 aliphatic rings. The number of ether oxygens (including phenoxy) is 1. The summed E-state index contributed by atoms with van der Waals surface area (Å²) in [6.07, 6.45) is 3.47.